The highest BCUT2D eigenvalue weighted by atomic mass is 35.5. The molecule has 1 aromatic carbocycles. The third kappa shape index (κ3) is 6.02. The van der Waals surface area contributed by atoms with Crippen LogP contribution in [0, 0.1) is 0 Å². The van der Waals surface area contributed by atoms with Gasteiger partial charge in [0.1, 0.15) is 0 Å². The third-order valence-corrected chi connectivity index (χ3v) is 3.39. The molecule has 0 unspecified atom stereocenters. The summed E-state index contributed by atoms with van der Waals surface area (Å²) in [7, 11) is 0. The Morgan fingerprint density at radius 2 is 1.84 bits per heavy atom. The summed E-state index contributed by atoms with van der Waals surface area (Å²) in [6.07, 6.45) is -4.96. The first-order chi connectivity index (χ1) is 8.69. The first-order valence-electron chi connectivity index (χ1n) is 5.94. The van der Waals surface area contributed by atoms with Crippen LogP contribution in [0.15, 0.2) is 18.2 Å². The summed E-state index contributed by atoms with van der Waals surface area (Å²) in [5.74, 6) is 0. The van der Waals surface area contributed by atoms with E-state index in [1.165, 1.54) is 0 Å². The average molecular weight is 314 g/mol. The van der Waals surface area contributed by atoms with Crippen molar-refractivity contribution in [1.29, 1.82) is 0 Å². The van der Waals surface area contributed by atoms with Crippen molar-refractivity contribution >= 4 is 23.2 Å². The van der Waals surface area contributed by atoms with Gasteiger partial charge in [-0.05, 0) is 31.5 Å². The van der Waals surface area contributed by atoms with Crippen molar-refractivity contribution in [3.8, 4) is 0 Å². The lowest BCUT2D eigenvalue weighted by Gasteiger charge is -2.27. The zero-order valence-electron chi connectivity index (χ0n) is 10.8. The molecule has 0 bridgehead atoms. The van der Waals surface area contributed by atoms with E-state index in [-0.39, 0.29) is 12.6 Å². The lowest BCUT2D eigenvalue weighted by molar-refractivity contribution is -0.139. The second-order valence-corrected chi connectivity index (χ2v) is 5.51. The molecule has 1 nitrogen and oxygen atoms in total. The third-order valence-electron chi connectivity index (χ3n) is 2.80. The topological polar surface area (TPSA) is 3.24 Å². The molecule has 0 amide bonds. The van der Waals surface area contributed by atoms with Crippen LogP contribution in [0.2, 0.25) is 10.0 Å². The molecule has 0 heterocycles. The number of alkyl halides is 3. The molecular formula is C13H16Cl2F3N. The zero-order valence-corrected chi connectivity index (χ0v) is 12.3. The normalized spacial score (nSPS) is 12.5. The van der Waals surface area contributed by atoms with Crippen LogP contribution < -0.4 is 0 Å². The van der Waals surface area contributed by atoms with Crippen molar-refractivity contribution in [3.05, 3.63) is 33.8 Å². The minimum absolute atomic E-state index is 0.00842. The lowest BCUT2D eigenvalue weighted by atomic mass is 10.1. The number of hydrogen-bond acceptors (Lipinski definition) is 1. The van der Waals surface area contributed by atoms with Gasteiger partial charge in [-0.15, -0.1) is 0 Å². The Morgan fingerprint density at radius 1 is 1.21 bits per heavy atom. The van der Waals surface area contributed by atoms with Crippen LogP contribution in [0.4, 0.5) is 13.2 Å². The molecule has 0 saturated heterocycles. The van der Waals surface area contributed by atoms with Gasteiger partial charge in [0.2, 0.25) is 0 Å². The van der Waals surface area contributed by atoms with Crippen LogP contribution in [0.25, 0.3) is 0 Å². The van der Waals surface area contributed by atoms with E-state index in [2.05, 4.69) is 0 Å². The Balaban J connectivity index is 2.73. The van der Waals surface area contributed by atoms with Crippen LogP contribution in [-0.2, 0) is 6.54 Å². The number of rotatable bonds is 5. The lowest BCUT2D eigenvalue weighted by Crippen LogP contribution is -2.33. The van der Waals surface area contributed by atoms with Crippen molar-refractivity contribution in [2.75, 3.05) is 6.54 Å². The molecule has 1 aromatic rings. The molecule has 6 heteroatoms. The highest BCUT2D eigenvalue weighted by Crippen LogP contribution is 2.25. The van der Waals surface area contributed by atoms with E-state index in [0.29, 0.717) is 16.6 Å². The Bertz CT molecular complexity index is 419. The smallest absolute Gasteiger partial charge is 0.296 e. The minimum Gasteiger partial charge on any atom is -0.296 e. The van der Waals surface area contributed by atoms with Crippen LogP contribution in [-0.4, -0.2) is 23.7 Å². The molecule has 108 valence electrons. The number of halogens is 5. The monoisotopic (exact) mass is 313 g/mol. The maximum absolute atomic E-state index is 12.3. The summed E-state index contributed by atoms with van der Waals surface area (Å²) in [6, 6.07) is 5.04. The van der Waals surface area contributed by atoms with Gasteiger partial charge in [0, 0.05) is 29.2 Å². The van der Waals surface area contributed by atoms with Gasteiger partial charge >= 0.3 is 6.18 Å². The molecule has 0 aliphatic rings. The summed E-state index contributed by atoms with van der Waals surface area (Å²) in [5.41, 5.74) is 0.780. The predicted molar refractivity (Wildman–Crippen MR) is 72.7 cm³/mol. The van der Waals surface area contributed by atoms with E-state index in [1.807, 2.05) is 13.8 Å². The minimum atomic E-state index is -4.14. The molecule has 0 spiro atoms. The van der Waals surface area contributed by atoms with Crippen LogP contribution in [0.3, 0.4) is 0 Å². The van der Waals surface area contributed by atoms with Crippen molar-refractivity contribution in [2.24, 2.45) is 0 Å². The second kappa shape index (κ2) is 6.82. The standard InChI is InChI=1S/C13H16Cl2F3N/c1-9(2)19(6-5-13(16,17)18)8-10-3-4-11(14)7-12(10)15/h3-4,7,9H,5-6,8H2,1-2H3. The molecule has 0 radical (unpaired) electrons. The van der Waals surface area contributed by atoms with E-state index >= 15 is 0 Å². The number of nitrogens with zero attached hydrogens (tertiary/aromatic N) is 1. The van der Waals surface area contributed by atoms with E-state index in [9.17, 15) is 13.2 Å². The van der Waals surface area contributed by atoms with Gasteiger partial charge in [-0.3, -0.25) is 4.90 Å². The molecular weight excluding hydrogens is 298 g/mol. The fourth-order valence-electron chi connectivity index (χ4n) is 1.66. The van der Waals surface area contributed by atoms with Crippen molar-refractivity contribution in [2.45, 2.75) is 39.0 Å². The van der Waals surface area contributed by atoms with Crippen molar-refractivity contribution in [3.63, 3.8) is 0 Å². The molecule has 0 fully saturated rings. The summed E-state index contributed by atoms with van der Waals surface area (Å²) in [5, 5.41) is 0.991. The van der Waals surface area contributed by atoms with Crippen molar-refractivity contribution in [1.82, 2.24) is 4.90 Å². The van der Waals surface area contributed by atoms with Gasteiger partial charge in [0.05, 0.1) is 6.42 Å². The maximum Gasteiger partial charge on any atom is 0.390 e. The van der Waals surface area contributed by atoms with E-state index in [4.69, 9.17) is 23.2 Å². The van der Waals surface area contributed by atoms with E-state index in [0.717, 1.165) is 5.56 Å². The molecule has 19 heavy (non-hydrogen) atoms. The molecule has 0 atom stereocenters. The van der Waals surface area contributed by atoms with Crippen molar-refractivity contribution < 1.29 is 13.2 Å². The highest BCUT2D eigenvalue weighted by Gasteiger charge is 2.28. The first kappa shape index (κ1) is 16.6. The molecule has 0 aromatic heterocycles. The average Bonchev–Trinajstić information content (AvgIpc) is 2.24. The predicted octanol–water partition coefficient (Wildman–Crippen LogP) is 5.16. The van der Waals surface area contributed by atoms with Crippen LogP contribution >= 0.6 is 23.2 Å². The van der Waals surface area contributed by atoms with Gasteiger partial charge in [-0.1, -0.05) is 29.3 Å². The largest absolute Gasteiger partial charge is 0.390 e. The van der Waals surface area contributed by atoms with Gasteiger partial charge in [-0.2, -0.15) is 13.2 Å². The molecule has 0 saturated carbocycles. The van der Waals surface area contributed by atoms with Gasteiger partial charge in [0.15, 0.2) is 0 Å². The quantitative estimate of drug-likeness (QED) is 0.726. The Hall–Kier alpha value is -0.450. The second-order valence-electron chi connectivity index (χ2n) is 4.67. The van der Waals surface area contributed by atoms with Crippen LogP contribution in [0.5, 0.6) is 0 Å². The zero-order chi connectivity index (χ0) is 14.6. The molecule has 0 aliphatic carbocycles. The molecule has 1 rings (SSSR count). The van der Waals surface area contributed by atoms with Gasteiger partial charge < -0.3 is 0 Å². The maximum atomic E-state index is 12.3. The SMILES string of the molecule is CC(C)N(CCC(F)(F)F)Cc1ccc(Cl)cc1Cl. The van der Waals surface area contributed by atoms with E-state index < -0.39 is 12.6 Å². The van der Waals surface area contributed by atoms with E-state index in [1.54, 1.807) is 23.1 Å². The first-order valence-corrected chi connectivity index (χ1v) is 6.69. The Labute approximate surface area is 121 Å². The highest BCUT2D eigenvalue weighted by molar-refractivity contribution is 6.35. The Kier molecular flexibility index (Phi) is 5.96. The number of hydrogen-bond donors (Lipinski definition) is 0. The Morgan fingerprint density at radius 3 is 2.32 bits per heavy atom. The summed E-state index contributed by atoms with van der Waals surface area (Å²) < 4.78 is 36.8. The summed E-state index contributed by atoms with van der Waals surface area (Å²) >= 11 is 11.8. The fraction of sp³-hybridized carbons (Fsp3) is 0.538. The van der Waals surface area contributed by atoms with Gasteiger partial charge in [-0.25, -0.2) is 0 Å². The van der Waals surface area contributed by atoms with Crippen LogP contribution in [0.1, 0.15) is 25.8 Å². The molecule has 0 aliphatic heterocycles. The van der Waals surface area contributed by atoms with Gasteiger partial charge in [0.25, 0.3) is 0 Å². The summed E-state index contributed by atoms with van der Waals surface area (Å²) in [6.45, 7) is 4.06. The summed E-state index contributed by atoms with van der Waals surface area (Å²) in [4.78, 5) is 1.74. The fourth-order valence-corrected chi connectivity index (χ4v) is 2.13. The molecule has 0 N–H and O–H groups in total. The number of benzene rings is 1.